The molecule has 0 aromatic rings. The van der Waals surface area contributed by atoms with E-state index in [1.807, 2.05) is 0 Å². The molecule has 0 amide bonds. The van der Waals surface area contributed by atoms with Crippen LogP contribution in [-0.4, -0.2) is 37.6 Å². The number of nitrogens with zero attached hydrogens (tertiary/aromatic N) is 2. The molecule has 2 bridgehead atoms. The molecule has 1 atom stereocenters. The first-order valence-electron chi connectivity index (χ1n) is 4.80. The molecule has 0 aliphatic carbocycles. The Morgan fingerprint density at radius 2 is 2.15 bits per heavy atom. The van der Waals surface area contributed by atoms with Gasteiger partial charge in [0, 0.05) is 12.5 Å². The van der Waals surface area contributed by atoms with E-state index in [9.17, 15) is 4.39 Å². The maximum atomic E-state index is 13.3. The van der Waals surface area contributed by atoms with Gasteiger partial charge in [-0.2, -0.15) is 4.39 Å². The Bertz CT molecular complexity index is 212. The van der Waals surface area contributed by atoms with Gasteiger partial charge in [0.2, 0.25) is 5.97 Å². The molecule has 0 aromatic heterocycles. The molecule has 0 spiro atoms. The summed E-state index contributed by atoms with van der Waals surface area (Å²) in [5, 5.41) is 3.39. The summed E-state index contributed by atoms with van der Waals surface area (Å²) >= 11 is 0. The Morgan fingerprint density at radius 3 is 2.62 bits per heavy atom. The van der Waals surface area contributed by atoms with Crippen LogP contribution in [0.4, 0.5) is 4.39 Å². The van der Waals surface area contributed by atoms with Crippen LogP contribution in [0.15, 0.2) is 5.16 Å². The van der Waals surface area contributed by atoms with Crippen molar-refractivity contribution in [3.63, 3.8) is 0 Å². The molecule has 13 heavy (non-hydrogen) atoms. The molecule has 3 aliphatic rings. The van der Waals surface area contributed by atoms with Crippen LogP contribution in [0, 0.1) is 11.8 Å². The van der Waals surface area contributed by atoms with E-state index in [1.165, 1.54) is 7.11 Å². The lowest BCUT2D eigenvalue weighted by Gasteiger charge is -2.43. The van der Waals surface area contributed by atoms with Crippen molar-refractivity contribution in [2.75, 3.05) is 26.7 Å². The monoisotopic (exact) mass is 186 g/mol. The summed E-state index contributed by atoms with van der Waals surface area (Å²) in [6.45, 7) is 3.08. The molecule has 0 N–H and O–H groups in total. The zero-order valence-corrected chi connectivity index (χ0v) is 7.87. The van der Waals surface area contributed by atoms with Gasteiger partial charge >= 0.3 is 0 Å². The van der Waals surface area contributed by atoms with E-state index in [2.05, 4.69) is 14.9 Å². The summed E-state index contributed by atoms with van der Waals surface area (Å²) in [6.07, 6.45) is 2.22. The van der Waals surface area contributed by atoms with Crippen molar-refractivity contribution in [1.29, 1.82) is 0 Å². The molecule has 3 rings (SSSR count). The lowest BCUT2D eigenvalue weighted by Crippen LogP contribution is -2.49. The predicted octanol–water partition coefficient (Wildman–Crippen LogP) is 1.26. The molecular weight excluding hydrogens is 171 g/mol. The lowest BCUT2D eigenvalue weighted by atomic mass is 9.79. The van der Waals surface area contributed by atoms with Crippen LogP contribution in [0.3, 0.4) is 0 Å². The van der Waals surface area contributed by atoms with E-state index in [-0.39, 0.29) is 11.9 Å². The van der Waals surface area contributed by atoms with Gasteiger partial charge in [-0.3, -0.25) is 0 Å². The van der Waals surface area contributed by atoms with Gasteiger partial charge in [-0.05, 0) is 31.8 Å². The molecule has 3 nitrogen and oxygen atoms in total. The quantitative estimate of drug-likeness (QED) is 0.479. The van der Waals surface area contributed by atoms with Gasteiger partial charge < -0.3 is 9.74 Å². The van der Waals surface area contributed by atoms with E-state index in [0.29, 0.717) is 5.92 Å². The van der Waals surface area contributed by atoms with Gasteiger partial charge in [0.05, 0.1) is 0 Å². The molecule has 1 unspecified atom stereocenters. The highest BCUT2D eigenvalue weighted by Gasteiger charge is 2.37. The standard InChI is InChI=1S/C9H15FN2O/c1-13-11-9(10)8-6-12-4-2-7(8)3-5-12/h7-8H,2-6H2,1H3/b11-9-. The minimum absolute atomic E-state index is 0.0116. The van der Waals surface area contributed by atoms with Crippen molar-refractivity contribution in [3.8, 4) is 0 Å². The number of halogens is 1. The van der Waals surface area contributed by atoms with Gasteiger partial charge in [-0.25, -0.2) is 0 Å². The van der Waals surface area contributed by atoms with Crippen molar-refractivity contribution < 1.29 is 9.23 Å². The van der Waals surface area contributed by atoms with Crippen molar-refractivity contribution >= 4 is 5.97 Å². The largest absolute Gasteiger partial charge is 0.397 e. The second-order valence-electron chi connectivity index (χ2n) is 3.84. The Balaban J connectivity index is 2.04. The van der Waals surface area contributed by atoms with Crippen molar-refractivity contribution in [2.24, 2.45) is 17.0 Å². The van der Waals surface area contributed by atoms with E-state index in [4.69, 9.17) is 0 Å². The normalized spacial score (nSPS) is 39.2. The average molecular weight is 186 g/mol. The van der Waals surface area contributed by atoms with Crippen LogP contribution in [0.2, 0.25) is 0 Å². The zero-order valence-electron chi connectivity index (χ0n) is 7.87. The van der Waals surface area contributed by atoms with Gasteiger partial charge in [-0.1, -0.05) is 5.16 Å². The van der Waals surface area contributed by atoms with E-state index in [0.717, 1.165) is 32.5 Å². The molecule has 3 aliphatic heterocycles. The minimum atomic E-state index is -0.322. The molecule has 3 heterocycles. The zero-order chi connectivity index (χ0) is 9.26. The fourth-order valence-corrected chi connectivity index (χ4v) is 2.39. The summed E-state index contributed by atoms with van der Waals surface area (Å²) in [5.74, 6) is 0.156. The number of hydrogen-bond acceptors (Lipinski definition) is 3. The lowest BCUT2D eigenvalue weighted by molar-refractivity contribution is 0.0742. The Morgan fingerprint density at radius 1 is 1.46 bits per heavy atom. The highest BCUT2D eigenvalue weighted by atomic mass is 19.1. The number of hydrogen-bond donors (Lipinski definition) is 0. The predicted molar refractivity (Wildman–Crippen MR) is 48.2 cm³/mol. The second-order valence-corrected chi connectivity index (χ2v) is 3.84. The summed E-state index contributed by atoms with van der Waals surface area (Å²) in [6, 6.07) is 0. The Kier molecular flexibility index (Phi) is 2.49. The van der Waals surface area contributed by atoms with Gasteiger partial charge in [0.25, 0.3) is 0 Å². The second kappa shape index (κ2) is 3.62. The Hall–Kier alpha value is -0.640. The third-order valence-corrected chi connectivity index (χ3v) is 3.14. The van der Waals surface area contributed by atoms with Crippen LogP contribution < -0.4 is 0 Å². The fraction of sp³-hybridized carbons (Fsp3) is 0.889. The van der Waals surface area contributed by atoms with Crippen molar-refractivity contribution in [1.82, 2.24) is 4.90 Å². The molecule has 0 saturated carbocycles. The van der Waals surface area contributed by atoms with E-state index >= 15 is 0 Å². The first kappa shape index (κ1) is 8.94. The third-order valence-electron chi connectivity index (χ3n) is 3.14. The van der Waals surface area contributed by atoms with Gasteiger partial charge in [0.1, 0.15) is 7.11 Å². The van der Waals surface area contributed by atoms with Crippen LogP contribution in [0.25, 0.3) is 0 Å². The Labute approximate surface area is 77.5 Å². The smallest absolute Gasteiger partial charge is 0.231 e. The van der Waals surface area contributed by atoms with Crippen LogP contribution in [-0.2, 0) is 4.84 Å². The van der Waals surface area contributed by atoms with Crippen molar-refractivity contribution in [2.45, 2.75) is 12.8 Å². The molecule has 4 heteroatoms. The number of rotatable bonds is 2. The minimum Gasteiger partial charge on any atom is -0.397 e. The highest BCUT2D eigenvalue weighted by Crippen LogP contribution is 2.33. The molecule has 3 saturated heterocycles. The fourth-order valence-electron chi connectivity index (χ4n) is 2.39. The maximum Gasteiger partial charge on any atom is 0.231 e. The topological polar surface area (TPSA) is 24.8 Å². The number of oxime groups is 1. The molecular formula is C9H15FN2O. The van der Waals surface area contributed by atoms with E-state index < -0.39 is 0 Å². The first-order chi connectivity index (χ1) is 6.31. The number of piperidine rings is 3. The number of fused-ring (bicyclic) bond motifs is 3. The molecule has 74 valence electrons. The average Bonchev–Trinajstić information content (AvgIpc) is 2.20. The summed E-state index contributed by atoms with van der Waals surface area (Å²) in [4.78, 5) is 6.76. The maximum absolute atomic E-state index is 13.3. The van der Waals surface area contributed by atoms with Crippen molar-refractivity contribution in [3.05, 3.63) is 0 Å². The van der Waals surface area contributed by atoms with Crippen LogP contribution in [0.1, 0.15) is 12.8 Å². The van der Waals surface area contributed by atoms with Crippen LogP contribution >= 0.6 is 0 Å². The molecule has 0 radical (unpaired) electrons. The highest BCUT2D eigenvalue weighted by molar-refractivity contribution is 5.77. The summed E-state index contributed by atoms with van der Waals surface area (Å²) in [5.41, 5.74) is 0. The third kappa shape index (κ3) is 1.68. The molecule has 3 fully saturated rings. The summed E-state index contributed by atoms with van der Waals surface area (Å²) in [7, 11) is 1.39. The van der Waals surface area contributed by atoms with Crippen LogP contribution in [0.5, 0.6) is 0 Å². The van der Waals surface area contributed by atoms with E-state index in [1.54, 1.807) is 0 Å². The summed E-state index contributed by atoms with van der Waals surface area (Å²) < 4.78 is 13.3. The SMILES string of the molecule is CO/N=C(\F)C1CN2CCC1CC2. The van der Waals surface area contributed by atoms with Gasteiger partial charge in [0.15, 0.2) is 0 Å². The first-order valence-corrected chi connectivity index (χ1v) is 4.80. The molecule has 0 aromatic carbocycles. The van der Waals surface area contributed by atoms with Gasteiger partial charge in [-0.15, -0.1) is 0 Å².